The average molecular weight is 295 g/mol. The third kappa shape index (κ3) is 5.49. The van der Waals surface area contributed by atoms with E-state index in [1.165, 1.54) is 0 Å². The highest BCUT2D eigenvalue weighted by atomic mass is 16.5. The summed E-state index contributed by atoms with van der Waals surface area (Å²) in [5.41, 5.74) is 0.812. The molecule has 2 heterocycles. The molecule has 0 bridgehead atoms. The summed E-state index contributed by atoms with van der Waals surface area (Å²) in [5, 5.41) is 13.3. The Morgan fingerprint density at radius 2 is 2.19 bits per heavy atom. The second-order valence-corrected chi connectivity index (χ2v) is 5.47. The quantitative estimate of drug-likeness (QED) is 0.781. The lowest BCUT2D eigenvalue weighted by atomic mass is 10.3. The zero-order valence-electron chi connectivity index (χ0n) is 12.8. The number of β-amino-alcohol motifs (C(OH)–C–C–N with tert-alkyl or cyclic N) is 1. The van der Waals surface area contributed by atoms with Gasteiger partial charge in [-0.25, -0.2) is 4.98 Å². The fourth-order valence-electron chi connectivity index (χ4n) is 2.22. The van der Waals surface area contributed by atoms with E-state index in [0.717, 1.165) is 32.0 Å². The summed E-state index contributed by atoms with van der Waals surface area (Å²) in [6, 6.07) is 3.76. The lowest BCUT2D eigenvalue weighted by molar-refractivity contribution is 0.0171. The number of hydrogen-bond acceptors (Lipinski definition) is 6. The van der Waals surface area contributed by atoms with Crippen LogP contribution in [0.25, 0.3) is 0 Å². The van der Waals surface area contributed by atoms with Crippen LogP contribution in [0.3, 0.4) is 0 Å². The van der Waals surface area contributed by atoms with Crippen molar-refractivity contribution in [2.24, 2.45) is 0 Å². The molecule has 2 rings (SSSR count). The van der Waals surface area contributed by atoms with Gasteiger partial charge in [-0.2, -0.15) is 0 Å². The van der Waals surface area contributed by atoms with Gasteiger partial charge in [0.15, 0.2) is 0 Å². The van der Waals surface area contributed by atoms with Crippen molar-refractivity contribution in [1.29, 1.82) is 0 Å². The van der Waals surface area contributed by atoms with Crippen molar-refractivity contribution < 1.29 is 14.6 Å². The Balaban J connectivity index is 1.81. The van der Waals surface area contributed by atoms with Crippen LogP contribution in [0.2, 0.25) is 0 Å². The zero-order chi connectivity index (χ0) is 15.1. The topological polar surface area (TPSA) is 66.8 Å². The molecule has 0 saturated carbocycles. The van der Waals surface area contributed by atoms with Crippen molar-refractivity contribution in [3.8, 4) is 5.88 Å². The summed E-state index contributed by atoms with van der Waals surface area (Å²) in [7, 11) is 0. The fourth-order valence-corrected chi connectivity index (χ4v) is 2.22. The smallest absolute Gasteiger partial charge is 0.237 e. The molecule has 1 atom stereocenters. The first kappa shape index (κ1) is 16.0. The minimum atomic E-state index is -0.435. The fraction of sp³-hybridized carbons (Fsp3) is 0.667. The molecule has 0 radical (unpaired) electrons. The van der Waals surface area contributed by atoms with Gasteiger partial charge in [-0.1, -0.05) is 0 Å². The normalized spacial score (nSPS) is 17.7. The molecule has 1 aliphatic rings. The number of nitrogens with one attached hydrogen (secondary N) is 1. The average Bonchev–Trinajstić information content (AvgIpc) is 2.47. The van der Waals surface area contributed by atoms with Gasteiger partial charge in [0, 0.05) is 32.4 Å². The third-order valence-electron chi connectivity index (χ3n) is 3.22. The Kier molecular flexibility index (Phi) is 6.22. The molecular weight excluding hydrogens is 270 g/mol. The van der Waals surface area contributed by atoms with Crippen molar-refractivity contribution in [1.82, 2.24) is 9.88 Å². The molecule has 0 spiro atoms. The molecule has 118 valence electrons. The molecular formula is C15H25N3O3. The summed E-state index contributed by atoms with van der Waals surface area (Å²) < 4.78 is 10.9. The predicted molar refractivity (Wildman–Crippen MR) is 81.8 cm³/mol. The van der Waals surface area contributed by atoms with Crippen LogP contribution in [0.4, 0.5) is 5.69 Å². The van der Waals surface area contributed by atoms with E-state index < -0.39 is 6.10 Å². The number of pyridine rings is 1. The van der Waals surface area contributed by atoms with Crippen LogP contribution in [0.5, 0.6) is 5.88 Å². The maximum atomic E-state index is 10.1. The van der Waals surface area contributed by atoms with Crippen molar-refractivity contribution in [3.05, 3.63) is 18.3 Å². The second kappa shape index (κ2) is 8.17. The maximum absolute atomic E-state index is 10.1. The Labute approximate surface area is 126 Å². The summed E-state index contributed by atoms with van der Waals surface area (Å²) in [5.74, 6) is 0.575. The Hall–Kier alpha value is -1.37. The Morgan fingerprint density at radius 1 is 1.43 bits per heavy atom. The summed E-state index contributed by atoms with van der Waals surface area (Å²) in [6.07, 6.45) is 1.33. The van der Waals surface area contributed by atoms with E-state index in [1.54, 1.807) is 6.20 Å². The van der Waals surface area contributed by atoms with Crippen LogP contribution in [0.1, 0.15) is 13.8 Å². The number of anilines is 1. The lowest BCUT2D eigenvalue weighted by Crippen LogP contribution is -2.42. The third-order valence-corrected chi connectivity index (χ3v) is 3.22. The highest BCUT2D eigenvalue weighted by molar-refractivity contribution is 5.52. The Morgan fingerprint density at radius 3 is 2.90 bits per heavy atom. The van der Waals surface area contributed by atoms with Crippen molar-refractivity contribution >= 4 is 5.69 Å². The van der Waals surface area contributed by atoms with Gasteiger partial charge in [-0.3, -0.25) is 4.90 Å². The van der Waals surface area contributed by atoms with Crippen LogP contribution in [0.15, 0.2) is 18.3 Å². The molecule has 1 unspecified atom stereocenters. The van der Waals surface area contributed by atoms with E-state index in [2.05, 4.69) is 15.2 Å². The number of morpholine rings is 1. The van der Waals surface area contributed by atoms with E-state index in [0.29, 0.717) is 19.0 Å². The molecule has 0 aliphatic carbocycles. The molecule has 1 saturated heterocycles. The summed E-state index contributed by atoms with van der Waals surface area (Å²) in [6.45, 7) is 8.30. The van der Waals surface area contributed by atoms with Crippen LogP contribution >= 0.6 is 0 Å². The van der Waals surface area contributed by atoms with Crippen molar-refractivity contribution in [2.75, 3.05) is 44.7 Å². The van der Waals surface area contributed by atoms with Crippen LogP contribution in [0, 0.1) is 0 Å². The van der Waals surface area contributed by atoms with Gasteiger partial charge >= 0.3 is 0 Å². The summed E-state index contributed by atoms with van der Waals surface area (Å²) >= 11 is 0. The van der Waals surface area contributed by atoms with E-state index >= 15 is 0 Å². The minimum Gasteiger partial charge on any atom is -0.473 e. The largest absolute Gasteiger partial charge is 0.473 e. The van der Waals surface area contributed by atoms with Gasteiger partial charge in [0.25, 0.3) is 0 Å². The number of aliphatic hydroxyl groups excluding tert-OH is 1. The monoisotopic (exact) mass is 295 g/mol. The van der Waals surface area contributed by atoms with Crippen LogP contribution < -0.4 is 10.1 Å². The molecule has 1 aromatic rings. The highest BCUT2D eigenvalue weighted by Gasteiger charge is 2.15. The number of hydrogen-bond donors (Lipinski definition) is 2. The first-order chi connectivity index (χ1) is 10.1. The van der Waals surface area contributed by atoms with E-state index in [4.69, 9.17) is 9.47 Å². The van der Waals surface area contributed by atoms with Gasteiger partial charge in [-0.05, 0) is 26.0 Å². The minimum absolute atomic E-state index is 0.0683. The van der Waals surface area contributed by atoms with E-state index in [9.17, 15) is 5.11 Å². The molecule has 2 N–H and O–H groups in total. The molecule has 1 fully saturated rings. The highest BCUT2D eigenvalue weighted by Crippen LogP contribution is 2.21. The van der Waals surface area contributed by atoms with Crippen molar-refractivity contribution in [3.63, 3.8) is 0 Å². The lowest BCUT2D eigenvalue weighted by Gasteiger charge is -2.28. The molecule has 1 aromatic heterocycles. The maximum Gasteiger partial charge on any atom is 0.237 e. The van der Waals surface area contributed by atoms with Crippen LogP contribution in [-0.2, 0) is 4.74 Å². The molecule has 0 aromatic carbocycles. The number of ether oxygens (including phenoxy) is 2. The number of aromatic nitrogens is 1. The first-order valence-electron chi connectivity index (χ1n) is 7.49. The SMILES string of the molecule is CC(C)Oc1ncccc1NCC(O)CN1CCOCC1. The van der Waals surface area contributed by atoms with Gasteiger partial charge < -0.3 is 19.9 Å². The van der Waals surface area contributed by atoms with Gasteiger partial charge in [0.2, 0.25) is 5.88 Å². The summed E-state index contributed by atoms with van der Waals surface area (Å²) in [4.78, 5) is 6.43. The van der Waals surface area contributed by atoms with E-state index in [-0.39, 0.29) is 6.10 Å². The van der Waals surface area contributed by atoms with Crippen LogP contribution in [-0.4, -0.2) is 66.6 Å². The standard InChI is InChI=1S/C15H25N3O3/c1-12(2)21-15-14(4-3-5-16-15)17-10-13(19)11-18-6-8-20-9-7-18/h3-5,12-13,17,19H,6-11H2,1-2H3. The molecule has 21 heavy (non-hydrogen) atoms. The molecule has 6 heteroatoms. The first-order valence-corrected chi connectivity index (χ1v) is 7.49. The number of rotatable bonds is 7. The van der Waals surface area contributed by atoms with Crippen molar-refractivity contribution in [2.45, 2.75) is 26.1 Å². The number of nitrogens with zero attached hydrogens (tertiary/aromatic N) is 2. The zero-order valence-corrected chi connectivity index (χ0v) is 12.8. The Bertz CT molecular complexity index is 422. The predicted octanol–water partition coefficient (Wildman–Crippen LogP) is 0.974. The second-order valence-electron chi connectivity index (χ2n) is 5.47. The van der Waals surface area contributed by atoms with Gasteiger partial charge in [0.1, 0.15) is 0 Å². The molecule has 6 nitrogen and oxygen atoms in total. The molecule has 0 amide bonds. The molecule has 1 aliphatic heterocycles. The van der Waals surface area contributed by atoms with E-state index in [1.807, 2.05) is 26.0 Å². The van der Waals surface area contributed by atoms with Gasteiger partial charge in [0.05, 0.1) is 31.1 Å². The number of aliphatic hydroxyl groups is 1. The van der Waals surface area contributed by atoms with Gasteiger partial charge in [-0.15, -0.1) is 0 Å².